The lowest BCUT2D eigenvalue weighted by atomic mass is 9.85. The lowest BCUT2D eigenvalue weighted by Crippen LogP contribution is -1.93. The van der Waals surface area contributed by atoms with Gasteiger partial charge in [-0.25, -0.2) is 0 Å². The van der Waals surface area contributed by atoms with Crippen molar-refractivity contribution >= 4 is 64.6 Å². The van der Waals surface area contributed by atoms with E-state index in [4.69, 9.17) is 4.98 Å². The summed E-state index contributed by atoms with van der Waals surface area (Å²) >= 11 is 0. The second kappa shape index (κ2) is 12.3. The molecule has 0 saturated carbocycles. The summed E-state index contributed by atoms with van der Waals surface area (Å²) < 4.78 is 0. The van der Waals surface area contributed by atoms with Gasteiger partial charge >= 0.3 is 0 Å². The summed E-state index contributed by atoms with van der Waals surface area (Å²) in [6.45, 7) is 0. The molecule has 0 N–H and O–H groups in total. The van der Waals surface area contributed by atoms with Gasteiger partial charge in [0.25, 0.3) is 0 Å². The molecule has 0 bridgehead atoms. The average Bonchev–Trinajstić information content (AvgIpc) is 3.25. The van der Waals surface area contributed by atoms with Gasteiger partial charge in [-0.15, -0.1) is 0 Å². The smallest absolute Gasteiger partial charge is 0.0714 e. The zero-order chi connectivity index (χ0) is 35.6. The monoisotopic (exact) mass is 683 g/mol. The molecule has 0 spiro atoms. The molecular weight excluding hydrogens is 651 g/mol. The molecule has 54 heavy (non-hydrogen) atoms. The molecule has 0 aliphatic rings. The lowest BCUT2D eigenvalue weighted by molar-refractivity contribution is 1.34. The minimum atomic E-state index is 0.982. The van der Waals surface area contributed by atoms with E-state index in [0.29, 0.717) is 0 Å². The minimum absolute atomic E-state index is 0.982. The largest absolute Gasteiger partial charge is 0.256 e. The third-order valence-electron chi connectivity index (χ3n) is 11.3. The second-order valence-electron chi connectivity index (χ2n) is 14.3. The number of rotatable bonds is 4. The van der Waals surface area contributed by atoms with Gasteiger partial charge in [0.2, 0.25) is 0 Å². The van der Waals surface area contributed by atoms with Crippen LogP contribution in [0.2, 0.25) is 0 Å². The Morgan fingerprint density at radius 1 is 0.259 bits per heavy atom. The van der Waals surface area contributed by atoms with Crippen molar-refractivity contribution in [3.8, 4) is 44.6 Å². The summed E-state index contributed by atoms with van der Waals surface area (Å²) in [5, 5.41) is 15.0. The van der Waals surface area contributed by atoms with E-state index in [9.17, 15) is 0 Å². The first-order valence-electron chi connectivity index (χ1n) is 18.6. The van der Waals surface area contributed by atoms with Crippen molar-refractivity contribution in [2.24, 2.45) is 0 Å². The maximum Gasteiger partial charge on any atom is 0.0714 e. The lowest BCUT2D eigenvalue weighted by Gasteiger charge is -2.18. The summed E-state index contributed by atoms with van der Waals surface area (Å²) in [5.41, 5.74) is 9.50. The summed E-state index contributed by atoms with van der Waals surface area (Å²) in [4.78, 5) is 4.88. The summed E-state index contributed by atoms with van der Waals surface area (Å²) in [6, 6.07) is 71.1. The Morgan fingerprint density at radius 2 is 0.833 bits per heavy atom. The Balaban J connectivity index is 1.12. The van der Waals surface area contributed by atoms with Gasteiger partial charge in [0, 0.05) is 11.8 Å². The highest BCUT2D eigenvalue weighted by Gasteiger charge is 2.19. The molecule has 250 valence electrons. The molecule has 0 aliphatic carbocycles. The van der Waals surface area contributed by atoms with Crippen molar-refractivity contribution < 1.29 is 0 Å². The molecule has 0 radical (unpaired) electrons. The molecule has 0 unspecified atom stereocenters. The van der Waals surface area contributed by atoms with Crippen molar-refractivity contribution in [2.75, 3.05) is 0 Å². The van der Waals surface area contributed by atoms with Gasteiger partial charge < -0.3 is 0 Å². The quantitative estimate of drug-likeness (QED) is 0.133. The van der Waals surface area contributed by atoms with Gasteiger partial charge in [0.1, 0.15) is 0 Å². The van der Waals surface area contributed by atoms with Gasteiger partial charge in [-0.2, -0.15) is 0 Å². The zero-order valence-electron chi connectivity index (χ0n) is 29.5. The highest BCUT2D eigenvalue weighted by atomic mass is 14.7. The molecule has 0 fully saturated rings. The standard InChI is InChI=1S/C53H33N/c1-2-12-34(13-3-1)38-26-28-47-50(32-38)53(51-20-10-11-29-54-51)46-19-9-8-18-45(46)52(47)40-24-22-36-30-39(23-21-37(36)31-40)48-33-49-41-15-5-4-14-35(41)25-27-44(49)42-16-6-7-17-43(42)48/h1-33H. The van der Waals surface area contributed by atoms with Gasteiger partial charge in [0.15, 0.2) is 0 Å². The molecule has 0 amide bonds. The molecule has 1 nitrogen and oxygen atoms in total. The molecule has 10 aromatic carbocycles. The third-order valence-corrected chi connectivity index (χ3v) is 11.3. The van der Waals surface area contributed by atoms with Crippen LogP contribution in [-0.2, 0) is 0 Å². The van der Waals surface area contributed by atoms with E-state index >= 15 is 0 Å². The topological polar surface area (TPSA) is 12.9 Å². The van der Waals surface area contributed by atoms with Crippen LogP contribution in [-0.4, -0.2) is 4.98 Å². The average molecular weight is 684 g/mol. The van der Waals surface area contributed by atoms with Crippen molar-refractivity contribution in [3.63, 3.8) is 0 Å². The Hall–Kier alpha value is -7.09. The predicted molar refractivity (Wildman–Crippen MR) is 231 cm³/mol. The van der Waals surface area contributed by atoms with E-state index in [1.807, 2.05) is 12.3 Å². The maximum absolute atomic E-state index is 4.88. The molecule has 0 aliphatic heterocycles. The Labute approximate surface area is 313 Å². The number of nitrogens with zero attached hydrogens (tertiary/aromatic N) is 1. The van der Waals surface area contributed by atoms with Crippen LogP contribution in [0.1, 0.15) is 0 Å². The highest BCUT2D eigenvalue weighted by molar-refractivity contribution is 6.23. The summed E-state index contributed by atoms with van der Waals surface area (Å²) in [6.07, 6.45) is 1.89. The number of hydrogen-bond donors (Lipinski definition) is 0. The fourth-order valence-electron chi connectivity index (χ4n) is 8.75. The van der Waals surface area contributed by atoms with E-state index in [2.05, 4.69) is 188 Å². The first kappa shape index (κ1) is 30.5. The van der Waals surface area contributed by atoms with Gasteiger partial charge in [-0.3, -0.25) is 4.98 Å². The SMILES string of the molecule is c1ccc(-c2ccc3c(-c4ccc5cc(-c6cc7c8ccccc8ccc7c7ccccc67)ccc5c4)c4ccccc4c(-c4ccccn4)c3c2)cc1. The fourth-order valence-corrected chi connectivity index (χ4v) is 8.75. The zero-order valence-corrected chi connectivity index (χ0v) is 29.5. The molecule has 1 heterocycles. The van der Waals surface area contributed by atoms with Crippen LogP contribution >= 0.6 is 0 Å². The van der Waals surface area contributed by atoms with Crippen molar-refractivity contribution in [1.82, 2.24) is 4.98 Å². The normalized spacial score (nSPS) is 11.7. The minimum Gasteiger partial charge on any atom is -0.256 e. The van der Waals surface area contributed by atoms with Crippen LogP contribution in [0.25, 0.3) is 109 Å². The van der Waals surface area contributed by atoms with Crippen molar-refractivity contribution in [1.29, 1.82) is 0 Å². The fraction of sp³-hybridized carbons (Fsp3) is 0. The molecule has 1 aromatic heterocycles. The Kier molecular flexibility index (Phi) is 6.93. The Morgan fingerprint density at radius 3 is 1.63 bits per heavy atom. The number of hydrogen-bond acceptors (Lipinski definition) is 1. The number of aromatic nitrogens is 1. The van der Waals surface area contributed by atoms with E-state index in [1.165, 1.54) is 104 Å². The molecule has 1 heteroatoms. The van der Waals surface area contributed by atoms with E-state index in [1.54, 1.807) is 0 Å². The van der Waals surface area contributed by atoms with E-state index in [-0.39, 0.29) is 0 Å². The number of benzene rings is 10. The predicted octanol–water partition coefficient (Wildman–Crippen LogP) is 14.7. The Bertz CT molecular complexity index is 3250. The van der Waals surface area contributed by atoms with Crippen molar-refractivity contribution in [3.05, 3.63) is 200 Å². The molecule has 11 aromatic rings. The molecule has 0 atom stereocenters. The summed E-state index contributed by atoms with van der Waals surface area (Å²) in [5.74, 6) is 0. The van der Waals surface area contributed by atoms with E-state index < -0.39 is 0 Å². The van der Waals surface area contributed by atoms with Crippen LogP contribution in [0.3, 0.4) is 0 Å². The van der Waals surface area contributed by atoms with Crippen LogP contribution in [0, 0.1) is 0 Å². The molecule has 0 saturated heterocycles. The molecular formula is C53H33N. The summed E-state index contributed by atoms with van der Waals surface area (Å²) in [7, 11) is 0. The highest BCUT2D eigenvalue weighted by Crippen LogP contribution is 2.45. The maximum atomic E-state index is 4.88. The van der Waals surface area contributed by atoms with Crippen molar-refractivity contribution in [2.45, 2.75) is 0 Å². The molecule has 11 rings (SSSR count). The van der Waals surface area contributed by atoms with Gasteiger partial charge in [-0.05, 0) is 134 Å². The van der Waals surface area contributed by atoms with Crippen LogP contribution < -0.4 is 0 Å². The number of fused-ring (bicyclic) bond motifs is 8. The first-order valence-corrected chi connectivity index (χ1v) is 18.6. The van der Waals surface area contributed by atoms with Gasteiger partial charge in [-0.1, -0.05) is 158 Å². The number of pyridine rings is 1. The van der Waals surface area contributed by atoms with Crippen LogP contribution in [0.5, 0.6) is 0 Å². The van der Waals surface area contributed by atoms with Crippen LogP contribution in [0.15, 0.2) is 200 Å². The first-order chi connectivity index (χ1) is 26.8. The third kappa shape index (κ3) is 4.83. The van der Waals surface area contributed by atoms with E-state index in [0.717, 1.165) is 5.69 Å². The second-order valence-corrected chi connectivity index (χ2v) is 14.3. The van der Waals surface area contributed by atoms with Gasteiger partial charge in [0.05, 0.1) is 5.69 Å². The van der Waals surface area contributed by atoms with Crippen LogP contribution in [0.4, 0.5) is 0 Å².